The topological polar surface area (TPSA) is 0 Å². The Morgan fingerprint density at radius 2 is 1.31 bits per heavy atom. The standard InChI is InChI=1S/C6H15P.C6H5.2ClH.Ru/c1-4-7(5-2)6-3;1-2-4-6-5-3-1;;;/h4-6H2,1-3H3;1-5H;2*1H;/q;-1;;;+2/p-1. The van der Waals surface area contributed by atoms with Crippen LogP contribution in [0.25, 0.3) is 0 Å². The van der Waals surface area contributed by atoms with Gasteiger partial charge in [-0.05, 0) is 28.7 Å². The van der Waals surface area contributed by atoms with E-state index in [4.69, 9.17) is 19.4 Å². The predicted octanol–water partition coefficient (Wildman–Crippen LogP) is 5.12. The fourth-order valence-corrected chi connectivity index (χ4v) is 2.59. The second-order valence-corrected chi connectivity index (χ2v) is 9.20. The maximum atomic E-state index is 4.85. The van der Waals surface area contributed by atoms with Crippen molar-refractivity contribution < 1.29 is 15.1 Å². The Kier molecular flexibility index (Phi) is 21.9. The summed E-state index contributed by atoms with van der Waals surface area (Å²) in [5, 5.41) is 0. The minimum atomic E-state index is -0.346. The molecule has 0 unspecified atom stereocenters. The fourth-order valence-electron chi connectivity index (χ4n) is 1.09. The molecule has 4 heteroatoms. The summed E-state index contributed by atoms with van der Waals surface area (Å²) in [4.78, 5) is 0. The van der Waals surface area contributed by atoms with E-state index in [9.17, 15) is 0 Å². The van der Waals surface area contributed by atoms with Crippen molar-refractivity contribution in [3.05, 3.63) is 36.4 Å². The van der Waals surface area contributed by atoms with Gasteiger partial charge in [-0.25, -0.2) is 0 Å². The third-order valence-corrected chi connectivity index (χ3v) is 5.11. The van der Waals surface area contributed by atoms with Crippen LogP contribution in [-0.2, 0) is 15.1 Å². The van der Waals surface area contributed by atoms with Crippen molar-refractivity contribution in [1.82, 2.24) is 0 Å². The molecule has 0 saturated carbocycles. The Hall–Kier alpha value is 0.853. The summed E-state index contributed by atoms with van der Waals surface area (Å²) < 4.78 is 0. The average molecular weight is 368 g/mol. The van der Waals surface area contributed by atoms with E-state index in [1.807, 2.05) is 30.3 Å². The number of benzene rings is 1. The van der Waals surface area contributed by atoms with Crippen LogP contribution in [0.5, 0.6) is 0 Å². The molecular weight excluding hydrogens is 347 g/mol. The normalized spacial score (nSPS) is 8.88. The quantitative estimate of drug-likeness (QED) is 0.395. The van der Waals surface area contributed by atoms with Crippen LogP contribution in [0, 0.1) is 6.07 Å². The first-order valence-electron chi connectivity index (χ1n) is 5.36. The SMILES string of the molecule is CC[PH+](CC)CC.[Cl][Ru][Cl].[c-]1ccccc1. The summed E-state index contributed by atoms with van der Waals surface area (Å²) >= 11 is -0.346. The molecule has 0 N–H and O–H groups in total. The second-order valence-electron chi connectivity index (χ2n) is 2.94. The molecule has 0 radical (unpaired) electrons. The zero-order chi connectivity index (χ0) is 12.6. The molecule has 0 aliphatic heterocycles. The zero-order valence-electron chi connectivity index (χ0n) is 10.1. The molecule has 1 aromatic rings. The van der Waals surface area contributed by atoms with E-state index in [0.717, 1.165) is 0 Å². The van der Waals surface area contributed by atoms with Gasteiger partial charge in [-0.2, -0.15) is 36.4 Å². The van der Waals surface area contributed by atoms with E-state index in [1.54, 1.807) is 0 Å². The van der Waals surface area contributed by atoms with Crippen molar-refractivity contribution in [2.24, 2.45) is 0 Å². The summed E-state index contributed by atoms with van der Waals surface area (Å²) in [6, 6.07) is 12.5. The minimum Gasteiger partial charge on any atom is -0.184 e. The Morgan fingerprint density at radius 1 is 0.938 bits per heavy atom. The smallest absolute Gasteiger partial charge is 0.171 e. The Bertz CT molecular complexity index is 161. The Balaban J connectivity index is 0. The summed E-state index contributed by atoms with van der Waals surface area (Å²) in [7, 11) is 9.85. The molecule has 0 aliphatic rings. The minimum absolute atomic E-state index is 0.137. The van der Waals surface area contributed by atoms with Crippen molar-refractivity contribution in [2.45, 2.75) is 20.8 Å². The van der Waals surface area contributed by atoms with Gasteiger partial charge in [0.2, 0.25) is 0 Å². The van der Waals surface area contributed by atoms with Crippen LogP contribution in [0.2, 0.25) is 0 Å². The molecule has 0 fully saturated rings. The van der Waals surface area contributed by atoms with E-state index in [0.29, 0.717) is 0 Å². The van der Waals surface area contributed by atoms with Crippen LogP contribution in [0.1, 0.15) is 20.8 Å². The summed E-state index contributed by atoms with van der Waals surface area (Å²) in [5.74, 6) is 0. The van der Waals surface area contributed by atoms with Gasteiger partial charge < -0.3 is 0 Å². The van der Waals surface area contributed by atoms with Crippen molar-refractivity contribution in [3.63, 3.8) is 0 Å². The van der Waals surface area contributed by atoms with Crippen LogP contribution in [0.4, 0.5) is 0 Å². The number of hydrogen-bond acceptors (Lipinski definition) is 0. The average Bonchev–Trinajstić information content (AvgIpc) is 2.35. The van der Waals surface area contributed by atoms with Gasteiger partial charge in [-0.15, -0.1) is 0 Å². The largest absolute Gasteiger partial charge is 0.184 e. The summed E-state index contributed by atoms with van der Waals surface area (Å²) in [5.41, 5.74) is 0. The van der Waals surface area contributed by atoms with Crippen molar-refractivity contribution in [2.75, 3.05) is 18.5 Å². The van der Waals surface area contributed by atoms with Gasteiger partial charge in [-0.1, -0.05) is 0 Å². The molecule has 0 spiro atoms. The molecule has 0 saturated heterocycles. The molecule has 0 nitrogen and oxygen atoms in total. The Morgan fingerprint density at radius 3 is 1.38 bits per heavy atom. The number of hydrogen-bond donors (Lipinski definition) is 0. The van der Waals surface area contributed by atoms with E-state index >= 15 is 0 Å². The number of rotatable bonds is 3. The van der Waals surface area contributed by atoms with Gasteiger partial charge in [0.1, 0.15) is 0 Å². The van der Waals surface area contributed by atoms with Gasteiger partial charge in [0.15, 0.2) is 0 Å². The van der Waals surface area contributed by atoms with Gasteiger partial charge >= 0.3 is 34.5 Å². The van der Waals surface area contributed by atoms with E-state index < -0.39 is 0 Å². The molecule has 0 amide bonds. The monoisotopic (exact) mass is 368 g/mol. The third kappa shape index (κ3) is 17.3. The van der Waals surface area contributed by atoms with Crippen LogP contribution in [0.15, 0.2) is 30.3 Å². The molecule has 1 aromatic carbocycles. The summed E-state index contributed by atoms with van der Waals surface area (Å²) in [6.07, 6.45) is 4.37. The molecular formula is C12H21Cl2PRu. The number of halogens is 2. The van der Waals surface area contributed by atoms with Crippen LogP contribution < -0.4 is 0 Å². The van der Waals surface area contributed by atoms with Gasteiger partial charge in [0.25, 0.3) is 0 Å². The maximum Gasteiger partial charge on any atom is -0.171 e. The van der Waals surface area contributed by atoms with Crippen LogP contribution in [-0.4, -0.2) is 18.5 Å². The zero-order valence-corrected chi connectivity index (χ0v) is 14.4. The van der Waals surface area contributed by atoms with Crippen LogP contribution >= 0.6 is 27.3 Å². The van der Waals surface area contributed by atoms with Gasteiger partial charge in [-0.3, -0.25) is 0 Å². The van der Waals surface area contributed by atoms with Crippen molar-refractivity contribution >= 4 is 27.3 Å². The molecule has 0 heterocycles. The first-order valence-corrected chi connectivity index (χ1v) is 12.0. The van der Waals surface area contributed by atoms with Gasteiger partial charge in [0, 0.05) is 0 Å². The maximum absolute atomic E-state index is 4.85. The van der Waals surface area contributed by atoms with Crippen molar-refractivity contribution in [3.8, 4) is 0 Å². The van der Waals surface area contributed by atoms with E-state index in [1.165, 1.54) is 18.5 Å². The van der Waals surface area contributed by atoms with Crippen molar-refractivity contribution in [1.29, 1.82) is 0 Å². The first kappa shape index (κ1) is 19.2. The van der Waals surface area contributed by atoms with Gasteiger partial charge in [0.05, 0.1) is 18.5 Å². The molecule has 0 aromatic heterocycles. The molecule has 0 bridgehead atoms. The fraction of sp³-hybridized carbons (Fsp3) is 0.500. The van der Waals surface area contributed by atoms with E-state index in [2.05, 4.69) is 26.8 Å². The molecule has 0 atom stereocenters. The second kappa shape index (κ2) is 18.2. The molecule has 96 valence electrons. The third-order valence-electron chi connectivity index (χ3n) is 2.11. The van der Waals surface area contributed by atoms with E-state index in [-0.39, 0.29) is 23.1 Å². The van der Waals surface area contributed by atoms with Crippen LogP contribution in [0.3, 0.4) is 0 Å². The summed E-state index contributed by atoms with van der Waals surface area (Å²) in [6.45, 7) is 6.92. The predicted molar refractivity (Wildman–Crippen MR) is 76.9 cm³/mol. The molecule has 1 rings (SSSR count). The molecule has 0 aliphatic carbocycles. The molecule has 16 heavy (non-hydrogen) atoms. The first-order chi connectivity index (χ1) is 7.76. The Labute approximate surface area is 118 Å².